The molecule has 0 spiro atoms. The molecule has 24 heavy (non-hydrogen) atoms. The van der Waals surface area contributed by atoms with E-state index in [1.165, 1.54) is 0 Å². The largest absolute Gasteiger partial charge is 0.489 e. The molecule has 128 valence electrons. The van der Waals surface area contributed by atoms with Gasteiger partial charge in [0.2, 0.25) is 5.91 Å². The normalized spacial score (nSPS) is 11.2. The van der Waals surface area contributed by atoms with Crippen LogP contribution in [0, 0.1) is 5.41 Å². The summed E-state index contributed by atoms with van der Waals surface area (Å²) in [6.07, 6.45) is 0.114. The third-order valence-corrected chi connectivity index (χ3v) is 3.35. The lowest BCUT2D eigenvalue weighted by Crippen LogP contribution is -2.27. The predicted molar refractivity (Wildman–Crippen MR) is 100 cm³/mol. The van der Waals surface area contributed by atoms with Crippen LogP contribution in [0.2, 0.25) is 0 Å². The Kier molecular flexibility index (Phi) is 5.50. The average molecular weight is 326 g/mol. The first-order valence-electron chi connectivity index (χ1n) is 8.20. The van der Waals surface area contributed by atoms with Gasteiger partial charge in [-0.25, -0.2) is 0 Å². The van der Waals surface area contributed by atoms with Crippen LogP contribution in [0.1, 0.15) is 34.6 Å². The van der Waals surface area contributed by atoms with Crippen molar-refractivity contribution in [1.82, 2.24) is 0 Å². The monoisotopic (exact) mass is 326 g/mol. The number of anilines is 3. The third kappa shape index (κ3) is 5.01. The minimum Gasteiger partial charge on any atom is -0.489 e. The predicted octanol–water partition coefficient (Wildman–Crippen LogP) is 5.20. The second-order valence-electron chi connectivity index (χ2n) is 7.07. The van der Waals surface area contributed by atoms with Gasteiger partial charge in [-0.2, -0.15) is 0 Å². The summed E-state index contributed by atoms with van der Waals surface area (Å²) in [6, 6.07) is 15.5. The van der Waals surface area contributed by atoms with Crippen LogP contribution < -0.4 is 15.4 Å². The quantitative estimate of drug-likeness (QED) is 0.794. The smallest absolute Gasteiger partial charge is 0.229 e. The van der Waals surface area contributed by atoms with E-state index in [0.717, 1.165) is 22.8 Å². The molecule has 2 aromatic carbocycles. The Morgan fingerprint density at radius 2 is 1.54 bits per heavy atom. The number of hydrogen-bond donors (Lipinski definition) is 2. The Bertz CT molecular complexity index is 686. The van der Waals surface area contributed by atoms with Crippen molar-refractivity contribution in [3.8, 4) is 5.75 Å². The van der Waals surface area contributed by atoms with Gasteiger partial charge in [-0.3, -0.25) is 4.79 Å². The van der Waals surface area contributed by atoms with Crippen LogP contribution in [0.25, 0.3) is 0 Å². The molecule has 0 atom stereocenters. The van der Waals surface area contributed by atoms with Crippen molar-refractivity contribution in [1.29, 1.82) is 0 Å². The summed E-state index contributed by atoms with van der Waals surface area (Å²) in [5.41, 5.74) is 2.22. The maximum Gasteiger partial charge on any atom is 0.229 e. The molecule has 0 aliphatic heterocycles. The highest BCUT2D eigenvalue weighted by Crippen LogP contribution is 2.29. The lowest BCUT2D eigenvalue weighted by molar-refractivity contribution is -0.123. The van der Waals surface area contributed by atoms with Gasteiger partial charge in [-0.15, -0.1) is 0 Å². The molecule has 0 unspecified atom stereocenters. The Hall–Kier alpha value is -2.49. The number of para-hydroxylation sites is 2. The van der Waals surface area contributed by atoms with Gasteiger partial charge in [-0.05, 0) is 50.2 Å². The fourth-order valence-corrected chi connectivity index (χ4v) is 2.04. The molecule has 4 nitrogen and oxygen atoms in total. The first-order chi connectivity index (χ1) is 11.3. The third-order valence-electron chi connectivity index (χ3n) is 3.35. The van der Waals surface area contributed by atoms with Gasteiger partial charge < -0.3 is 15.4 Å². The van der Waals surface area contributed by atoms with E-state index in [0.29, 0.717) is 0 Å². The van der Waals surface area contributed by atoms with Crippen LogP contribution in [0.3, 0.4) is 0 Å². The Morgan fingerprint density at radius 1 is 0.958 bits per heavy atom. The molecule has 2 aromatic rings. The van der Waals surface area contributed by atoms with Crippen molar-refractivity contribution in [2.45, 2.75) is 40.7 Å². The molecule has 0 radical (unpaired) electrons. The van der Waals surface area contributed by atoms with Crippen LogP contribution in [-0.4, -0.2) is 12.0 Å². The van der Waals surface area contributed by atoms with E-state index < -0.39 is 5.41 Å². The minimum absolute atomic E-state index is 0.00103. The zero-order valence-corrected chi connectivity index (χ0v) is 15.0. The van der Waals surface area contributed by atoms with Crippen LogP contribution in [-0.2, 0) is 4.79 Å². The summed E-state index contributed by atoms with van der Waals surface area (Å²) in [6.45, 7) is 9.69. The van der Waals surface area contributed by atoms with Crippen LogP contribution in [0.5, 0.6) is 5.75 Å². The Labute approximate surface area is 144 Å². The molecule has 0 saturated carbocycles. The van der Waals surface area contributed by atoms with E-state index in [2.05, 4.69) is 10.6 Å². The van der Waals surface area contributed by atoms with Gasteiger partial charge in [0.05, 0.1) is 11.8 Å². The van der Waals surface area contributed by atoms with Crippen molar-refractivity contribution in [2.24, 2.45) is 5.41 Å². The van der Waals surface area contributed by atoms with E-state index in [4.69, 9.17) is 4.74 Å². The molecule has 4 heteroatoms. The highest BCUT2D eigenvalue weighted by Gasteiger charge is 2.20. The second-order valence-corrected chi connectivity index (χ2v) is 7.07. The van der Waals surface area contributed by atoms with Crippen molar-refractivity contribution in [3.05, 3.63) is 48.5 Å². The maximum atomic E-state index is 12.0. The van der Waals surface area contributed by atoms with Crippen molar-refractivity contribution in [2.75, 3.05) is 10.6 Å². The molecule has 1 amide bonds. The first kappa shape index (κ1) is 17.9. The van der Waals surface area contributed by atoms with Crippen LogP contribution in [0.4, 0.5) is 17.1 Å². The summed E-state index contributed by atoms with van der Waals surface area (Å²) in [4.78, 5) is 12.0. The zero-order chi connectivity index (χ0) is 17.7. The van der Waals surface area contributed by atoms with E-state index in [-0.39, 0.29) is 12.0 Å². The Balaban J connectivity index is 2.09. The molecule has 2 rings (SSSR count). The van der Waals surface area contributed by atoms with E-state index in [1.54, 1.807) is 0 Å². The Morgan fingerprint density at radius 3 is 2.12 bits per heavy atom. The number of benzene rings is 2. The number of carbonyl (C=O) groups is 1. The molecule has 0 heterocycles. The van der Waals surface area contributed by atoms with E-state index >= 15 is 0 Å². The standard InChI is InChI=1S/C20H26N2O2/c1-14(2)24-18-9-7-6-8-17(18)21-15-10-12-16(13-11-15)22-19(23)20(3,4)5/h6-14,21H,1-5H3,(H,22,23). The SMILES string of the molecule is CC(C)Oc1ccccc1Nc1ccc(NC(=O)C(C)(C)C)cc1. The van der Waals surface area contributed by atoms with E-state index in [9.17, 15) is 4.79 Å². The van der Waals surface area contributed by atoms with Gasteiger partial charge >= 0.3 is 0 Å². The highest BCUT2D eigenvalue weighted by atomic mass is 16.5. The van der Waals surface area contributed by atoms with Gasteiger partial charge in [0, 0.05) is 16.8 Å². The lowest BCUT2D eigenvalue weighted by atomic mass is 9.95. The van der Waals surface area contributed by atoms with Crippen molar-refractivity contribution in [3.63, 3.8) is 0 Å². The number of ether oxygens (including phenoxy) is 1. The number of rotatable bonds is 5. The van der Waals surface area contributed by atoms with Crippen molar-refractivity contribution >= 4 is 23.0 Å². The summed E-state index contributed by atoms with van der Waals surface area (Å²) in [5.74, 6) is 0.816. The summed E-state index contributed by atoms with van der Waals surface area (Å²) >= 11 is 0. The zero-order valence-electron chi connectivity index (χ0n) is 15.0. The molecule has 0 aliphatic carbocycles. The van der Waals surface area contributed by atoms with Crippen LogP contribution in [0.15, 0.2) is 48.5 Å². The van der Waals surface area contributed by atoms with Gasteiger partial charge in [0.1, 0.15) is 5.75 Å². The summed E-state index contributed by atoms with van der Waals surface area (Å²) < 4.78 is 5.81. The van der Waals surface area contributed by atoms with Gasteiger partial charge in [-0.1, -0.05) is 32.9 Å². The van der Waals surface area contributed by atoms with Gasteiger partial charge in [0.25, 0.3) is 0 Å². The minimum atomic E-state index is -0.413. The molecule has 0 fully saturated rings. The molecule has 0 aliphatic rings. The average Bonchev–Trinajstić information content (AvgIpc) is 2.49. The van der Waals surface area contributed by atoms with Crippen molar-refractivity contribution < 1.29 is 9.53 Å². The number of nitrogens with one attached hydrogen (secondary N) is 2. The number of carbonyl (C=O) groups excluding carboxylic acids is 1. The van der Waals surface area contributed by atoms with E-state index in [1.807, 2.05) is 83.1 Å². The van der Waals surface area contributed by atoms with Crippen LogP contribution >= 0.6 is 0 Å². The molecule has 0 aromatic heterocycles. The first-order valence-corrected chi connectivity index (χ1v) is 8.20. The molecule has 0 saturated heterocycles. The molecular weight excluding hydrogens is 300 g/mol. The molecule has 2 N–H and O–H groups in total. The number of hydrogen-bond acceptors (Lipinski definition) is 3. The fraction of sp³-hybridized carbons (Fsp3) is 0.350. The fourth-order valence-electron chi connectivity index (χ4n) is 2.04. The molecule has 0 bridgehead atoms. The summed E-state index contributed by atoms with van der Waals surface area (Å²) in [5, 5.41) is 6.27. The second kappa shape index (κ2) is 7.39. The maximum absolute atomic E-state index is 12.0. The topological polar surface area (TPSA) is 50.4 Å². The number of amides is 1. The summed E-state index contributed by atoms with van der Waals surface area (Å²) in [7, 11) is 0. The molecular formula is C20H26N2O2. The lowest BCUT2D eigenvalue weighted by Gasteiger charge is -2.18. The highest BCUT2D eigenvalue weighted by molar-refractivity contribution is 5.94. The van der Waals surface area contributed by atoms with Gasteiger partial charge in [0.15, 0.2) is 0 Å².